The molecule has 0 aromatic carbocycles. The molecule has 0 aromatic rings. The zero-order valence-corrected chi connectivity index (χ0v) is 11.4. The maximum Gasteiger partial charge on any atom is 0.314 e. The van der Waals surface area contributed by atoms with E-state index in [1.54, 1.807) is 0 Å². The van der Waals surface area contributed by atoms with Gasteiger partial charge in [0.25, 0.3) is 0 Å². The molecule has 5 nitrogen and oxygen atoms in total. The number of rotatable bonds is 6. The third kappa shape index (κ3) is 4.73. The number of carbonyl (C=O) groups is 2. The van der Waals surface area contributed by atoms with Crippen LogP contribution in [0.15, 0.2) is 0 Å². The number of amides is 2. The Labute approximate surface area is 114 Å². The van der Waals surface area contributed by atoms with E-state index in [1.807, 2.05) is 0 Å². The van der Waals surface area contributed by atoms with E-state index in [0.29, 0.717) is 6.54 Å². The van der Waals surface area contributed by atoms with Crippen molar-refractivity contribution >= 4 is 12.0 Å². The molecule has 2 rings (SSSR count). The summed E-state index contributed by atoms with van der Waals surface area (Å²) in [6, 6.07) is -0.157. The van der Waals surface area contributed by atoms with Gasteiger partial charge in [-0.15, -0.1) is 0 Å². The Kier molecular flexibility index (Phi) is 5.05. The van der Waals surface area contributed by atoms with Crippen molar-refractivity contribution in [1.29, 1.82) is 0 Å². The second-order valence-corrected chi connectivity index (χ2v) is 5.86. The molecule has 0 aromatic heterocycles. The monoisotopic (exact) mass is 268 g/mol. The first-order valence-electron chi connectivity index (χ1n) is 7.41. The van der Waals surface area contributed by atoms with Gasteiger partial charge in [-0.1, -0.05) is 25.7 Å². The Hall–Kier alpha value is -1.26. The van der Waals surface area contributed by atoms with E-state index in [0.717, 1.165) is 44.6 Å². The molecule has 2 amide bonds. The van der Waals surface area contributed by atoms with Crippen LogP contribution in [0.3, 0.4) is 0 Å². The van der Waals surface area contributed by atoms with Crippen LogP contribution in [0.4, 0.5) is 4.79 Å². The van der Waals surface area contributed by atoms with Crippen LogP contribution in [-0.2, 0) is 4.79 Å². The highest BCUT2D eigenvalue weighted by Gasteiger charge is 2.30. The minimum absolute atomic E-state index is 0.0837. The van der Waals surface area contributed by atoms with Gasteiger partial charge in [0.2, 0.25) is 0 Å². The van der Waals surface area contributed by atoms with Crippen LogP contribution in [0.1, 0.15) is 44.9 Å². The topological polar surface area (TPSA) is 78.4 Å². The average molecular weight is 268 g/mol. The van der Waals surface area contributed by atoms with Crippen molar-refractivity contribution in [2.45, 2.75) is 44.9 Å². The molecule has 0 spiro atoms. The van der Waals surface area contributed by atoms with Crippen LogP contribution < -0.4 is 10.6 Å². The molecule has 0 aliphatic heterocycles. The number of nitrogens with one attached hydrogen (secondary N) is 2. The minimum atomic E-state index is -0.722. The van der Waals surface area contributed by atoms with Gasteiger partial charge >= 0.3 is 12.0 Å². The van der Waals surface area contributed by atoms with Crippen LogP contribution in [-0.4, -0.2) is 30.2 Å². The lowest BCUT2D eigenvalue weighted by Crippen LogP contribution is -2.42. The highest BCUT2D eigenvalue weighted by atomic mass is 16.4. The van der Waals surface area contributed by atoms with Gasteiger partial charge in [-0.05, 0) is 31.1 Å². The zero-order chi connectivity index (χ0) is 13.7. The Morgan fingerprint density at radius 2 is 1.79 bits per heavy atom. The van der Waals surface area contributed by atoms with Crippen molar-refractivity contribution in [3.8, 4) is 0 Å². The molecule has 0 bridgehead atoms. The molecule has 2 saturated carbocycles. The van der Waals surface area contributed by atoms with Crippen molar-refractivity contribution in [3.05, 3.63) is 0 Å². The van der Waals surface area contributed by atoms with Gasteiger partial charge < -0.3 is 15.7 Å². The number of hydrogen-bond acceptors (Lipinski definition) is 2. The molecule has 2 aliphatic carbocycles. The van der Waals surface area contributed by atoms with Gasteiger partial charge in [-0.2, -0.15) is 0 Å². The van der Waals surface area contributed by atoms with E-state index >= 15 is 0 Å². The first kappa shape index (κ1) is 14.2. The highest BCUT2D eigenvalue weighted by Crippen LogP contribution is 2.31. The highest BCUT2D eigenvalue weighted by molar-refractivity contribution is 5.74. The maximum atomic E-state index is 11.6. The van der Waals surface area contributed by atoms with Crippen LogP contribution in [0.5, 0.6) is 0 Å². The number of urea groups is 1. The normalized spacial score (nSPS) is 26.7. The van der Waals surface area contributed by atoms with Crippen molar-refractivity contribution in [1.82, 2.24) is 10.6 Å². The fraction of sp³-hybridized carbons (Fsp3) is 0.857. The van der Waals surface area contributed by atoms with E-state index in [9.17, 15) is 9.59 Å². The number of carboxylic acid groups (broad SMARTS) is 1. The lowest BCUT2D eigenvalue weighted by molar-refractivity contribution is -0.144. The fourth-order valence-electron chi connectivity index (χ4n) is 2.86. The predicted octanol–water partition coefficient (Wildman–Crippen LogP) is 1.98. The van der Waals surface area contributed by atoms with E-state index in [1.165, 1.54) is 12.8 Å². The average Bonchev–Trinajstić information content (AvgIpc) is 3.20. The molecule has 108 valence electrons. The standard InChI is InChI=1S/C14H24N2O3/c17-13(18)12-4-2-1-3-11(12)9-16-14(19)15-8-7-10-5-6-10/h10-12H,1-9H2,(H,17,18)(H2,15,16,19). The Morgan fingerprint density at radius 3 is 2.47 bits per heavy atom. The molecule has 2 atom stereocenters. The summed E-state index contributed by atoms with van der Waals surface area (Å²) >= 11 is 0. The molecule has 2 unspecified atom stereocenters. The third-order valence-electron chi connectivity index (χ3n) is 4.29. The Balaban J connectivity index is 1.64. The summed E-state index contributed by atoms with van der Waals surface area (Å²) in [6.07, 6.45) is 7.36. The first-order chi connectivity index (χ1) is 9.16. The SMILES string of the molecule is O=C(NCCC1CC1)NCC1CCCCC1C(=O)O. The molecular weight excluding hydrogens is 244 g/mol. The molecule has 0 radical (unpaired) electrons. The second-order valence-electron chi connectivity index (χ2n) is 5.86. The van der Waals surface area contributed by atoms with Gasteiger partial charge in [0.05, 0.1) is 5.92 Å². The Morgan fingerprint density at radius 1 is 1.05 bits per heavy atom. The number of hydrogen-bond donors (Lipinski definition) is 3. The zero-order valence-electron chi connectivity index (χ0n) is 11.4. The van der Waals surface area contributed by atoms with Gasteiger partial charge in [-0.3, -0.25) is 4.79 Å². The van der Waals surface area contributed by atoms with Gasteiger partial charge in [0, 0.05) is 13.1 Å². The molecule has 19 heavy (non-hydrogen) atoms. The van der Waals surface area contributed by atoms with Gasteiger partial charge in [0.15, 0.2) is 0 Å². The lowest BCUT2D eigenvalue weighted by Gasteiger charge is -2.28. The summed E-state index contributed by atoms with van der Waals surface area (Å²) < 4.78 is 0. The summed E-state index contributed by atoms with van der Waals surface area (Å²) in [4.78, 5) is 22.7. The van der Waals surface area contributed by atoms with E-state index in [4.69, 9.17) is 5.11 Å². The molecule has 0 saturated heterocycles. The van der Waals surface area contributed by atoms with Crippen LogP contribution in [0.2, 0.25) is 0 Å². The second kappa shape index (κ2) is 6.78. The molecule has 3 N–H and O–H groups in total. The molecule has 5 heteroatoms. The van der Waals surface area contributed by atoms with Gasteiger partial charge in [-0.25, -0.2) is 4.79 Å². The quantitative estimate of drug-likeness (QED) is 0.689. The number of aliphatic carboxylic acids is 1. The lowest BCUT2D eigenvalue weighted by atomic mass is 9.79. The maximum absolute atomic E-state index is 11.6. The van der Waals surface area contributed by atoms with Gasteiger partial charge in [0.1, 0.15) is 0 Å². The predicted molar refractivity (Wildman–Crippen MR) is 71.8 cm³/mol. The number of carbonyl (C=O) groups excluding carboxylic acids is 1. The summed E-state index contributed by atoms with van der Waals surface area (Å²) in [6.45, 7) is 1.20. The van der Waals surface area contributed by atoms with Crippen molar-refractivity contribution < 1.29 is 14.7 Å². The van der Waals surface area contributed by atoms with Crippen molar-refractivity contribution in [2.75, 3.05) is 13.1 Å². The molecule has 2 aliphatic rings. The third-order valence-corrected chi connectivity index (χ3v) is 4.29. The van der Waals surface area contributed by atoms with Crippen LogP contribution in [0.25, 0.3) is 0 Å². The van der Waals surface area contributed by atoms with Crippen molar-refractivity contribution in [2.24, 2.45) is 17.8 Å². The fourth-order valence-corrected chi connectivity index (χ4v) is 2.86. The Bertz CT molecular complexity index is 329. The van der Waals surface area contributed by atoms with E-state index < -0.39 is 5.97 Å². The summed E-state index contributed by atoms with van der Waals surface area (Å²) in [5.74, 6) is -0.114. The summed E-state index contributed by atoms with van der Waals surface area (Å²) in [5, 5.41) is 14.8. The summed E-state index contributed by atoms with van der Waals surface area (Å²) in [5.41, 5.74) is 0. The van der Waals surface area contributed by atoms with E-state index in [-0.39, 0.29) is 17.9 Å². The number of carboxylic acids is 1. The van der Waals surface area contributed by atoms with E-state index in [2.05, 4.69) is 10.6 Å². The van der Waals surface area contributed by atoms with Crippen molar-refractivity contribution in [3.63, 3.8) is 0 Å². The first-order valence-corrected chi connectivity index (χ1v) is 7.41. The summed E-state index contributed by atoms with van der Waals surface area (Å²) in [7, 11) is 0. The molecular formula is C14H24N2O3. The van der Waals surface area contributed by atoms with Crippen LogP contribution in [0, 0.1) is 17.8 Å². The minimum Gasteiger partial charge on any atom is -0.481 e. The largest absolute Gasteiger partial charge is 0.481 e. The molecule has 2 fully saturated rings. The smallest absolute Gasteiger partial charge is 0.314 e. The van der Waals surface area contributed by atoms with Crippen LogP contribution >= 0.6 is 0 Å². The molecule has 0 heterocycles.